The molecule has 0 bridgehead atoms. The standard InChI is InChI=1S/C22H21N3O4/c1-14-23-9-10-25(14)13-15-11-17-16-5-3-4-6-18(16)24(2)21(17)22(12-15)28-19(26)7-8-20(27)29-22/h3-10,15H,11-13H2,1-2H3. The first-order chi connectivity index (χ1) is 14.0. The number of ether oxygens (including phenoxy) is 2. The first-order valence-corrected chi connectivity index (χ1v) is 9.65. The average molecular weight is 391 g/mol. The highest BCUT2D eigenvalue weighted by atomic mass is 16.7. The maximum atomic E-state index is 12.4. The van der Waals surface area contributed by atoms with Crippen LogP contribution in [0.2, 0.25) is 0 Å². The van der Waals surface area contributed by atoms with E-state index in [-0.39, 0.29) is 5.92 Å². The predicted molar refractivity (Wildman–Crippen MR) is 105 cm³/mol. The summed E-state index contributed by atoms with van der Waals surface area (Å²) in [6, 6.07) is 8.05. The number of fused-ring (bicyclic) bond motifs is 4. The summed E-state index contributed by atoms with van der Waals surface area (Å²) in [5, 5.41) is 1.08. The number of hydrogen-bond acceptors (Lipinski definition) is 5. The van der Waals surface area contributed by atoms with Gasteiger partial charge >= 0.3 is 11.9 Å². The Morgan fingerprint density at radius 1 is 1.17 bits per heavy atom. The molecule has 29 heavy (non-hydrogen) atoms. The Balaban J connectivity index is 1.68. The van der Waals surface area contributed by atoms with Crippen LogP contribution in [0.5, 0.6) is 0 Å². The molecule has 0 saturated carbocycles. The van der Waals surface area contributed by atoms with Crippen LogP contribution in [0.1, 0.15) is 23.5 Å². The number of aromatic nitrogens is 3. The third-order valence-corrected chi connectivity index (χ3v) is 5.89. The van der Waals surface area contributed by atoms with Gasteiger partial charge in [-0.05, 0) is 30.9 Å². The number of carbonyl (C=O) groups excluding carboxylic acids is 2. The molecule has 1 atom stereocenters. The summed E-state index contributed by atoms with van der Waals surface area (Å²) < 4.78 is 15.7. The molecule has 3 aromatic rings. The first-order valence-electron chi connectivity index (χ1n) is 9.65. The topological polar surface area (TPSA) is 75.4 Å². The zero-order chi connectivity index (χ0) is 20.2. The lowest BCUT2D eigenvalue weighted by Gasteiger charge is -2.39. The Morgan fingerprint density at radius 2 is 1.90 bits per heavy atom. The second kappa shape index (κ2) is 6.34. The molecule has 0 N–H and O–H groups in total. The van der Waals surface area contributed by atoms with Gasteiger partial charge < -0.3 is 18.6 Å². The Kier molecular flexibility index (Phi) is 3.87. The van der Waals surface area contributed by atoms with E-state index in [0.29, 0.717) is 13.0 Å². The zero-order valence-corrected chi connectivity index (χ0v) is 16.3. The van der Waals surface area contributed by atoms with E-state index >= 15 is 0 Å². The van der Waals surface area contributed by atoms with Gasteiger partial charge in [0.1, 0.15) is 11.5 Å². The number of hydrogen-bond donors (Lipinski definition) is 0. The van der Waals surface area contributed by atoms with Crippen molar-refractivity contribution in [1.82, 2.24) is 14.1 Å². The summed E-state index contributed by atoms with van der Waals surface area (Å²) in [7, 11) is 1.92. The largest absolute Gasteiger partial charge is 0.413 e. The van der Waals surface area contributed by atoms with Gasteiger partial charge in [0.15, 0.2) is 0 Å². The molecule has 0 fully saturated rings. The van der Waals surface area contributed by atoms with Crippen molar-refractivity contribution in [3.05, 3.63) is 65.9 Å². The molecule has 2 aromatic heterocycles. The number of benzene rings is 1. The lowest BCUT2D eigenvalue weighted by molar-refractivity contribution is -0.238. The molecule has 3 heterocycles. The number of esters is 2. The summed E-state index contributed by atoms with van der Waals surface area (Å²) in [5.41, 5.74) is 2.81. The molecule has 7 heteroatoms. The second-order valence-electron chi connectivity index (χ2n) is 7.73. The highest BCUT2D eigenvalue weighted by molar-refractivity contribution is 5.94. The number of nitrogens with zero attached hydrogens (tertiary/aromatic N) is 3. The molecule has 2 aliphatic rings. The van der Waals surface area contributed by atoms with Crippen LogP contribution in [-0.4, -0.2) is 26.1 Å². The molecule has 1 spiro atoms. The van der Waals surface area contributed by atoms with Crippen molar-refractivity contribution in [2.45, 2.75) is 32.1 Å². The SMILES string of the molecule is Cc1nccn1CC1Cc2c(n(C)c3ccccc23)C2(C1)OC(=O)C=CC(=O)O2. The summed E-state index contributed by atoms with van der Waals surface area (Å²) in [4.78, 5) is 29.0. The minimum atomic E-state index is -1.45. The number of aryl methyl sites for hydroxylation is 2. The highest BCUT2D eigenvalue weighted by Crippen LogP contribution is 2.47. The molecule has 1 unspecified atom stereocenters. The molecule has 1 aliphatic carbocycles. The first kappa shape index (κ1) is 17.7. The highest BCUT2D eigenvalue weighted by Gasteiger charge is 2.50. The normalized spacial score (nSPS) is 20.4. The molecule has 7 nitrogen and oxygen atoms in total. The maximum absolute atomic E-state index is 12.4. The van der Waals surface area contributed by atoms with Gasteiger partial charge in [-0.2, -0.15) is 0 Å². The van der Waals surface area contributed by atoms with E-state index < -0.39 is 17.7 Å². The van der Waals surface area contributed by atoms with Gasteiger partial charge in [0, 0.05) is 55.5 Å². The van der Waals surface area contributed by atoms with E-state index in [9.17, 15) is 9.59 Å². The van der Waals surface area contributed by atoms with E-state index in [1.807, 2.05) is 42.9 Å². The lowest BCUT2D eigenvalue weighted by Crippen LogP contribution is -2.44. The van der Waals surface area contributed by atoms with Crippen molar-refractivity contribution >= 4 is 22.8 Å². The smallest absolute Gasteiger partial charge is 0.334 e. The maximum Gasteiger partial charge on any atom is 0.334 e. The number of rotatable bonds is 2. The molecule has 1 aromatic carbocycles. The minimum absolute atomic E-state index is 0.0971. The Hall–Kier alpha value is -3.35. The van der Waals surface area contributed by atoms with Crippen molar-refractivity contribution in [2.75, 3.05) is 0 Å². The Bertz CT molecular complexity index is 1150. The minimum Gasteiger partial charge on any atom is -0.413 e. The van der Waals surface area contributed by atoms with Crippen LogP contribution in [0.3, 0.4) is 0 Å². The van der Waals surface area contributed by atoms with Gasteiger partial charge in [-0.25, -0.2) is 14.6 Å². The average Bonchev–Trinajstić information content (AvgIpc) is 3.17. The number of carbonyl (C=O) groups is 2. The summed E-state index contributed by atoms with van der Waals surface area (Å²) in [5.74, 6) is -1.59. The fraction of sp³-hybridized carbons (Fsp3) is 0.318. The molecule has 0 amide bonds. The fourth-order valence-corrected chi connectivity index (χ4v) is 4.74. The van der Waals surface area contributed by atoms with Gasteiger partial charge in [0.05, 0.1) is 0 Å². The van der Waals surface area contributed by atoms with E-state index in [1.165, 1.54) is 0 Å². The second-order valence-corrected chi connectivity index (χ2v) is 7.73. The van der Waals surface area contributed by atoms with Gasteiger partial charge in [-0.1, -0.05) is 18.2 Å². The van der Waals surface area contributed by atoms with Crippen LogP contribution in [0.4, 0.5) is 0 Å². The van der Waals surface area contributed by atoms with Crippen LogP contribution < -0.4 is 0 Å². The van der Waals surface area contributed by atoms with Crippen molar-refractivity contribution in [3.63, 3.8) is 0 Å². The summed E-state index contributed by atoms with van der Waals surface area (Å²) >= 11 is 0. The summed E-state index contributed by atoms with van der Waals surface area (Å²) in [6.45, 7) is 2.65. The van der Waals surface area contributed by atoms with E-state index in [0.717, 1.165) is 46.6 Å². The molecule has 0 saturated heterocycles. The van der Waals surface area contributed by atoms with Crippen LogP contribution in [-0.2, 0) is 44.9 Å². The Labute approximate surface area is 167 Å². The van der Waals surface area contributed by atoms with Crippen molar-refractivity contribution < 1.29 is 19.1 Å². The van der Waals surface area contributed by atoms with E-state index in [4.69, 9.17) is 9.47 Å². The molecule has 148 valence electrons. The van der Waals surface area contributed by atoms with Gasteiger partial charge in [0.2, 0.25) is 0 Å². The van der Waals surface area contributed by atoms with E-state index in [2.05, 4.69) is 15.6 Å². The Morgan fingerprint density at radius 3 is 2.59 bits per heavy atom. The van der Waals surface area contributed by atoms with E-state index in [1.54, 1.807) is 6.20 Å². The monoisotopic (exact) mass is 391 g/mol. The lowest BCUT2D eigenvalue weighted by atomic mass is 9.82. The van der Waals surface area contributed by atoms with Crippen LogP contribution in [0, 0.1) is 12.8 Å². The molecule has 0 radical (unpaired) electrons. The number of imidazole rings is 1. The molecule has 5 rings (SSSR count). The third-order valence-electron chi connectivity index (χ3n) is 5.89. The van der Waals surface area contributed by atoms with Crippen molar-refractivity contribution in [1.29, 1.82) is 0 Å². The number of para-hydroxylation sites is 1. The van der Waals surface area contributed by atoms with Gasteiger partial charge in [-0.3, -0.25) is 0 Å². The van der Waals surface area contributed by atoms with Crippen molar-refractivity contribution in [3.8, 4) is 0 Å². The summed E-state index contributed by atoms with van der Waals surface area (Å²) in [6.07, 6.45) is 7.14. The van der Waals surface area contributed by atoms with Gasteiger partial charge in [-0.15, -0.1) is 0 Å². The van der Waals surface area contributed by atoms with Crippen molar-refractivity contribution in [2.24, 2.45) is 13.0 Å². The van der Waals surface area contributed by atoms with Crippen LogP contribution in [0.15, 0.2) is 48.8 Å². The van der Waals surface area contributed by atoms with Crippen LogP contribution in [0.25, 0.3) is 10.9 Å². The predicted octanol–water partition coefficient (Wildman–Crippen LogP) is 2.75. The third kappa shape index (κ3) is 2.76. The molecular formula is C22H21N3O4. The molecule has 1 aliphatic heterocycles. The quantitative estimate of drug-likeness (QED) is 0.628. The fourth-order valence-electron chi connectivity index (χ4n) is 4.74. The van der Waals surface area contributed by atoms with Gasteiger partial charge in [0.25, 0.3) is 5.79 Å². The zero-order valence-electron chi connectivity index (χ0n) is 16.3. The molecular weight excluding hydrogens is 370 g/mol. The van der Waals surface area contributed by atoms with Crippen LogP contribution >= 0.6 is 0 Å².